The molecule has 1 aromatic rings. The minimum atomic E-state index is -0.735. The van der Waals surface area contributed by atoms with Gasteiger partial charge in [0, 0.05) is 6.04 Å². The van der Waals surface area contributed by atoms with E-state index >= 15 is 0 Å². The predicted molar refractivity (Wildman–Crippen MR) is 72.2 cm³/mol. The van der Waals surface area contributed by atoms with E-state index in [-0.39, 0.29) is 18.0 Å². The van der Waals surface area contributed by atoms with Crippen LogP contribution in [-0.4, -0.2) is 23.1 Å². The molecular formula is C14H20N2O4. The third-order valence-corrected chi connectivity index (χ3v) is 3.79. The number of hydrogen-bond donors (Lipinski definition) is 3. The maximum Gasteiger partial charge on any atom is 0.315 e. The van der Waals surface area contributed by atoms with Crippen molar-refractivity contribution in [2.75, 3.05) is 0 Å². The molecule has 6 heteroatoms. The van der Waals surface area contributed by atoms with E-state index in [4.69, 9.17) is 9.52 Å². The number of carboxylic acid groups (broad SMARTS) is 1. The van der Waals surface area contributed by atoms with Crippen LogP contribution in [-0.2, 0) is 11.3 Å². The second-order valence-electron chi connectivity index (χ2n) is 5.24. The molecule has 0 unspecified atom stereocenters. The van der Waals surface area contributed by atoms with Crippen LogP contribution < -0.4 is 10.6 Å². The number of hydrogen-bond acceptors (Lipinski definition) is 3. The molecule has 110 valence electrons. The lowest BCUT2D eigenvalue weighted by Crippen LogP contribution is -2.43. The summed E-state index contributed by atoms with van der Waals surface area (Å²) in [5.41, 5.74) is 1.01. The van der Waals surface area contributed by atoms with Crippen LogP contribution in [0.1, 0.15) is 37.0 Å². The first-order chi connectivity index (χ1) is 9.56. The standard InChI is InChI=1S/C14H20N2O4/c1-9-6-7-20-12(9)8-15-14(19)16-11-4-2-10(3-5-11)13(17)18/h6-7,10-11H,2-5,8H2,1H3,(H,17,18)(H2,15,16,19). The van der Waals surface area contributed by atoms with Gasteiger partial charge in [0.2, 0.25) is 0 Å². The molecule has 1 fully saturated rings. The number of aryl methyl sites for hydroxylation is 1. The molecule has 2 rings (SSSR count). The van der Waals surface area contributed by atoms with E-state index in [1.165, 1.54) is 0 Å². The third-order valence-electron chi connectivity index (χ3n) is 3.79. The summed E-state index contributed by atoms with van der Waals surface area (Å²) in [4.78, 5) is 22.6. The topological polar surface area (TPSA) is 91.6 Å². The molecule has 1 saturated carbocycles. The van der Waals surface area contributed by atoms with Crippen molar-refractivity contribution in [2.45, 2.75) is 45.2 Å². The van der Waals surface area contributed by atoms with Crippen molar-refractivity contribution in [3.63, 3.8) is 0 Å². The molecular weight excluding hydrogens is 260 g/mol. The number of carboxylic acids is 1. The van der Waals surface area contributed by atoms with E-state index in [2.05, 4.69) is 10.6 Å². The van der Waals surface area contributed by atoms with Crippen molar-refractivity contribution in [2.24, 2.45) is 5.92 Å². The number of aliphatic carboxylic acids is 1. The van der Waals surface area contributed by atoms with Gasteiger partial charge in [0.25, 0.3) is 0 Å². The third kappa shape index (κ3) is 3.76. The Morgan fingerprint density at radius 3 is 2.60 bits per heavy atom. The van der Waals surface area contributed by atoms with Gasteiger partial charge in [-0.2, -0.15) is 0 Å². The number of urea groups is 1. The average Bonchev–Trinajstić information content (AvgIpc) is 2.82. The zero-order chi connectivity index (χ0) is 14.5. The van der Waals surface area contributed by atoms with Crippen LogP contribution in [0.4, 0.5) is 4.79 Å². The van der Waals surface area contributed by atoms with Gasteiger partial charge in [0.05, 0.1) is 18.7 Å². The fraction of sp³-hybridized carbons (Fsp3) is 0.571. The normalized spacial score (nSPS) is 22.2. The lowest BCUT2D eigenvalue weighted by Gasteiger charge is -2.26. The largest absolute Gasteiger partial charge is 0.481 e. The minimum absolute atomic E-state index is 0.0586. The SMILES string of the molecule is Cc1ccoc1CNC(=O)NC1CCC(C(=O)O)CC1. The quantitative estimate of drug-likeness (QED) is 0.787. The lowest BCUT2D eigenvalue weighted by molar-refractivity contribution is -0.142. The zero-order valence-electron chi connectivity index (χ0n) is 11.5. The highest BCUT2D eigenvalue weighted by Crippen LogP contribution is 2.24. The average molecular weight is 280 g/mol. The Labute approximate surface area is 117 Å². The lowest BCUT2D eigenvalue weighted by atomic mass is 9.86. The van der Waals surface area contributed by atoms with Gasteiger partial charge in [-0.05, 0) is 44.2 Å². The number of carbonyl (C=O) groups excluding carboxylic acids is 1. The molecule has 0 radical (unpaired) electrons. The van der Waals surface area contributed by atoms with E-state index in [0.29, 0.717) is 32.2 Å². The number of furan rings is 1. The second kappa shape index (κ2) is 6.45. The molecule has 0 bridgehead atoms. The van der Waals surface area contributed by atoms with Crippen molar-refractivity contribution in [1.29, 1.82) is 0 Å². The van der Waals surface area contributed by atoms with E-state index in [0.717, 1.165) is 11.3 Å². The molecule has 0 spiro atoms. The van der Waals surface area contributed by atoms with Crippen LogP contribution >= 0.6 is 0 Å². The molecule has 0 aromatic carbocycles. The highest BCUT2D eigenvalue weighted by atomic mass is 16.4. The van der Waals surface area contributed by atoms with E-state index < -0.39 is 5.97 Å². The Balaban J connectivity index is 1.70. The van der Waals surface area contributed by atoms with Crippen LogP contribution in [0.25, 0.3) is 0 Å². The summed E-state index contributed by atoms with van der Waals surface area (Å²) < 4.78 is 5.24. The van der Waals surface area contributed by atoms with Gasteiger partial charge >= 0.3 is 12.0 Å². The van der Waals surface area contributed by atoms with E-state index in [9.17, 15) is 9.59 Å². The summed E-state index contributed by atoms with van der Waals surface area (Å²) in [7, 11) is 0. The maximum atomic E-state index is 11.8. The molecule has 1 aromatic heterocycles. The number of amides is 2. The first kappa shape index (κ1) is 14.4. The van der Waals surface area contributed by atoms with Crippen molar-refractivity contribution in [1.82, 2.24) is 10.6 Å². The summed E-state index contributed by atoms with van der Waals surface area (Å²) in [6, 6.07) is 1.67. The smallest absolute Gasteiger partial charge is 0.315 e. The predicted octanol–water partition coefficient (Wildman–Crippen LogP) is 2.03. The van der Waals surface area contributed by atoms with Gasteiger partial charge < -0.3 is 20.2 Å². The van der Waals surface area contributed by atoms with Crippen molar-refractivity contribution in [3.05, 3.63) is 23.7 Å². The first-order valence-electron chi connectivity index (χ1n) is 6.86. The molecule has 2 amide bonds. The van der Waals surface area contributed by atoms with Gasteiger partial charge in [0.15, 0.2) is 0 Å². The second-order valence-corrected chi connectivity index (χ2v) is 5.24. The zero-order valence-corrected chi connectivity index (χ0v) is 11.5. The Kier molecular flexibility index (Phi) is 4.65. The summed E-state index contributed by atoms with van der Waals surface area (Å²) in [5.74, 6) is -0.252. The number of carbonyl (C=O) groups is 2. The number of nitrogens with one attached hydrogen (secondary N) is 2. The van der Waals surface area contributed by atoms with Crippen LogP contribution in [0.3, 0.4) is 0 Å². The molecule has 0 atom stereocenters. The van der Waals surface area contributed by atoms with Gasteiger partial charge in [-0.3, -0.25) is 4.79 Å². The van der Waals surface area contributed by atoms with Gasteiger partial charge in [0.1, 0.15) is 5.76 Å². The van der Waals surface area contributed by atoms with Gasteiger partial charge in [-0.15, -0.1) is 0 Å². The fourth-order valence-corrected chi connectivity index (χ4v) is 2.47. The summed E-state index contributed by atoms with van der Waals surface area (Å²) in [6.07, 6.45) is 4.26. The van der Waals surface area contributed by atoms with Gasteiger partial charge in [-0.25, -0.2) is 4.79 Å². The molecule has 1 heterocycles. The molecule has 1 aliphatic rings. The Morgan fingerprint density at radius 2 is 2.05 bits per heavy atom. The van der Waals surface area contributed by atoms with Crippen molar-refractivity contribution >= 4 is 12.0 Å². The molecule has 6 nitrogen and oxygen atoms in total. The molecule has 3 N–H and O–H groups in total. The Morgan fingerprint density at radius 1 is 1.35 bits per heavy atom. The van der Waals surface area contributed by atoms with Gasteiger partial charge in [-0.1, -0.05) is 0 Å². The van der Waals surface area contributed by atoms with Crippen molar-refractivity contribution < 1.29 is 19.1 Å². The fourth-order valence-electron chi connectivity index (χ4n) is 2.47. The van der Waals surface area contributed by atoms with Crippen molar-refractivity contribution in [3.8, 4) is 0 Å². The molecule has 0 saturated heterocycles. The maximum absolute atomic E-state index is 11.8. The van der Waals surface area contributed by atoms with Crippen LogP contribution in [0.2, 0.25) is 0 Å². The molecule has 20 heavy (non-hydrogen) atoms. The Hall–Kier alpha value is -1.98. The highest BCUT2D eigenvalue weighted by Gasteiger charge is 2.26. The van der Waals surface area contributed by atoms with Crippen LogP contribution in [0.15, 0.2) is 16.7 Å². The first-order valence-corrected chi connectivity index (χ1v) is 6.86. The summed E-state index contributed by atoms with van der Waals surface area (Å²) in [5, 5.41) is 14.5. The van der Waals surface area contributed by atoms with E-state index in [1.807, 2.05) is 13.0 Å². The minimum Gasteiger partial charge on any atom is -0.481 e. The molecule has 0 aliphatic heterocycles. The summed E-state index contributed by atoms with van der Waals surface area (Å²) in [6.45, 7) is 2.28. The molecule has 1 aliphatic carbocycles. The highest BCUT2D eigenvalue weighted by molar-refractivity contribution is 5.74. The van der Waals surface area contributed by atoms with Crippen LogP contribution in [0, 0.1) is 12.8 Å². The monoisotopic (exact) mass is 280 g/mol. The van der Waals surface area contributed by atoms with E-state index in [1.54, 1.807) is 6.26 Å². The summed E-state index contributed by atoms with van der Waals surface area (Å²) >= 11 is 0. The number of rotatable bonds is 4. The van der Waals surface area contributed by atoms with Crippen LogP contribution in [0.5, 0.6) is 0 Å². The Bertz CT molecular complexity index is 475.